The maximum absolute atomic E-state index is 11.6. The largest absolute Gasteiger partial charge is 0.294 e. The van der Waals surface area contributed by atoms with Crippen LogP contribution in [-0.4, -0.2) is 16.4 Å². The lowest BCUT2D eigenvalue weighted by atomic mass is 10.0. The topological polar surface area (TPSA) is 34.1 Å². The fourth-order valence-corrected chi connectivity index (χ4v) is 2.02. The zero-order valence-electron chi connectivity index (χ0n) is 7.60. The normalized spacial score (nSPS) is 10.1. The molecule has 0 aliphatic carbocycles. The molecule has 1 aromatic carbocycles. The van der Waals surface area contributed by atoms with Crippen LogP contribution in [0.15, 0.2) is 22.7 Å². The molecule has 0 amide bonds. The molecule has 0 N–H and O–H groups in total. The van der Waals surface area contributed by atoms with Crippen LogP contribution in [-0.2, 0) is 0 Å². The molecule has 1 rings (SSSR count). The molecule has 80 valence electrons. The smallest absolute Gasteiger partial charge is 0.253 e. The fraction of sp³-hybridized carbons (Fsp3) is 0.200. The Morgan fingerprint density at radius 2 is 1.93 bits per heavy atom. The SMILES string of the molecule is O=C(Cl)c1cc(Br)ccc1C(=O)CCBr. The number of ketones is 1. The molecule has 0 spiro atoms. The Labute approximate surface area is 109 Å². The van der Waals surface area contributed by atoms with Crippen LogP contribution in [0.3, 0.4) is 0 Å². The maximum atomic E-state index is 11.6. The van der Waals surface area contributed by atoms with Crippen molar-refractivity contribution in [1.82, 2.24) is 0 Å². The third-order valence-corrected chi connectivity index (χ3v) is 2.91. The number of carbonyl (C=O) groups is 2. The summed E-state index contributed by atoms with van der Waals surface area (Å²) in [6.45, 7) is 0. The minimum Gasteiger partial charge on any atom is -0.294 e. The standard InChI is InChI=1S/C10H7Br2ClO2/c11-4-3-9(14)7-2-1-6(12)5-8(7)10(13)15/h1-2,5H,3-4H2. The molecule has 15 heavy (non-hydrogen) atoms. The lowest BCUT2D eigenvalue weighted by molar-refractivity contribution is 0.0980. The van der Waals surface area contributed by atoms with Crippen LogP contribution >= 0.6 is 43.5 Å². The molecule has 0 aliphatic heterocycles. The Bertz CT molecular complexity index is 404. The third kappa shape index (κ3) is 3.40. The Morgan fingerprint density at radius 1 is 1.27 bits per heavy atom. The molecule has 0 bridgehead atoms. The van der Waals surface area contributed by atoms with E-state index >= 15 is 0 Å². The summed E-state index contributed by atoms with van der Waals surface area (Å²) < 4.78 is 0.724. The molecule has 2 nitrogen and oxygen atoms in total. The first-order chi connectivity index (χ1) is 7.06. The monoisotopic (exact) mass is 352 g/mol. The van der Waals surface area contributed by atoms with Gasteiger partial charge in [-0.25, -0.2) is 0 Å². The van der Waals surface area contributed by atoms with Crippen LogP contribution in [0.2, 0.25) is 0 Å². The van der Waals surface area contributed by atoms with Crippen molar-refractivity contribution in [2.45, 2.75) is 6.42 Å². The zero-order valence-corrected chi connectivity index (χ0v) is 11.5. The predicted molar refractivity (Wildman–Crippen MR) is 67.1 cm³/mol. The summed E-state index contributed by atoms with van der Waals surface area (Å²) in [5.41, 5.74) is 0.620. The molecule has 0 radical (unpaired) electrons. The molecule has 0 saturated carbocycles. The second-order valence-corrected chi connectivity index (χ2v) is 4.88. The van der Waals surface area contributed by atoms with Crippen molar-refractivity contribution in [2.24, 2.45) is 0 Å². The van der Waals surface area contributed by atoms with Gasteiger partial charge in [0.25, 0.3) is 5.24 Å². The minimum absolute atomic E-state index is 0.0941. The van der Waals surface area contributed by atoms with E-state index in [0.29, 0.717) is 17.3 Å². The van der Waals surface area contributed by atoms with Crippen molar-refractivity contribution in [2.75, 3.05) is 5.33 Å². The van der Waals surface area contributed by atoms with Crippen molar-refractivity contribution < 1.29 is 9.59 Å². The lowest BCUT2D eigenvalue weighted by Gasteiger charge is -2.04. The summed E-state index contributed by atoms with van der Waals surface area (Å²) in [6, 6.07) is 4.87. The van der Waals surface area contributed by atoms with Crippen LogP contribution in [0.1, 0.15) is 27.1 Å². The van der Waals surface area contributed by atoms with Gasteiger partial charge in [-0.1, -0.05) is 31.9 Å². The molecule has 0 fully saturated rings. The molecule has 0 unspecified atom stereocenters. The first-order valence-electron chi connectivity index (χ1n) is 4.15. The number of alkyl halides is 1. The molecule has 0 aliphatic rings. The van der Waals surface area contributed by atoms with E-state index in [1.54, 1.807) is 18.2 Å². The van der Waals surface area contributed by atoms with E-state index in [2.05, 4.69) is 31.9 Å². The number of Topliss-reactive ketones (excluding diaryl/α,β-unsaturated/α-hetero) is 1. The number of hydrogen-bond acceptors (Lipinski definition) is 2. The van der Waals surface area contributed by atoms with Crippen LogP contribution in [0.4, 0.5) is 0 Å². The number of carbonyl (C=O) groups excluding carboxylic acids is 2. The lowest BCUT2D eigenvalue weighted by Crippen LogP contribution is -2.06. The van der Waals surface area contributed by atoms with Gasteiger partial charge < -0.3 is 0 Å². The van der Waals surface area contributed by atoms with E-state index in [4.69, 9.17) is 11.6 Å². The maximum Gasteiger partial charge on any atom is 0.253 e. The van der Waals surface area contributed by atoms with Gasteiger partial charge in [-0.3, -0.25) is 9.59 Å². The molecule has 0 aromatic heterocycles. The average molecular weight is 354 g/mol. The van der Waals surface area contributed by atoms with Crippen LogP contribution < -0.4 is 0 Å². The summed E-state index contributed by atoms with van der Waals surface area (Å²) in [6.07, 6.45) is 0.346. The Balaban J connectivity index is 3.17. The Hall–Kier alpha value is -0.190. The van der Waals surface area contributed by atoms with Crippen LogP contribution in [0.25, 0.3) is 0 Å². The first kappa shape index (κ1) is 12.9. The molecule has 0 atom stereocenters. The second-order valence-electron chi connectivity index (χ2n) is 2.83. The predicted octanol–water partition coefficient (Wildman–Crippen LogP) is 3.80. The summed E-state index contributed by atoms with van der Waals surface area (Å²) >= 11 is 11.8. The highest BCUT2D eigenvalue weighted by molar-refractivity contribution is 9.10. The van der Waals surface area contributed by atoms with E-state index in [-0.39, 0.29) is 11.3 Å². The van der Waals surface area contributed by atoms with Crippen molar-refractivity contribution in [1.29, 1.82) is 0 Å². The Kier molecular flexibility index (Phi) is 4.96. The van der Waals surface area contributed by atoms with E-state index in [1.807, 2.05) is 0 Å². The second kappa shape index (κ2) is 5.77. The first-order valence-corrected chi connectivity index (χ1v) is 6.44. The summed E-state index contributed by atoms with van der Waals surface area (Å²) in [4.78, 5) is 22.7. The minimum atomic E-state index is -0.616. The number of hydrogen-bond donors (Lipinski definition) is 0. The number of rotatable bonds is 4. The number of benzene rings is 1. The van der Waals surface area contributed by atoms with E-state index in [0.717, 1.165) is 4.47 Å². The molecule has 0 saturated heterocycles. The van der Waals surface area contributed by atoms with Crippen molar-refractivity contribution in [3.63, 3.8) is 0 Å². The molecular formula is C10H7Br2ClO2. The molecule has 5 heteroatoms. The van der Waals surface area contributed by atoms with E-state index < -0.39 is 5.24 Å². The average Bonchev–Trinajstić information content (AvgIpc) is 2.17. The van der Waals surface area contributed by atoms with Crippen molar-refractivity contribution in [3.8, 4) is 0 Å². The van der Waals surface area contributed by atoms with Gasteiger partial charge in [-0.05, 0) is 29.8 Å². The van der Waals surface area contributed by atoms with Crippen LogP contribution in [0.5, 0.6) is 0 Å². The quantitative estimate of drug-likeness (QED) is 0.468. The highest BCUT2D eigenvalue weighted by atomic mass is 79.9. The number of halogens is 3. The third-order valence-electron chi connectivity index (χ3n) is 1.82. The van der Waals surface area contributed by atoms with Gasteiger partial charge in [-0.15, -0.1) is 0 Å². The van der Waals surface area contributed by atoms with Crippen LogP contribution in [0, 0.1) is 0 Å². The van der Waals surface area contributed by atoms with E-state index in [9.17, 15) is 9.59 Å². The summed E-state index contributed by atoms with van der Waals surface area (Å²) in [5, 5.41) is -0.0492. The van der Waals surface area contributed by atoms with E-state index in [1.165, 1.54) is 0 Å². The molecule has 1 aromatic rings. The molecular weight excluding hydrogens is 347 g/mol. The van der Waals surface area contributed by atoms with Gasteiger partial charge in [-0.2, -0.15) is 0 Å². The van der Waals surface area contributed by atoms with Gasteiger partial charge in [0.15, 0.2) is 5.78 Å². The van der Waals surface area contributed by atoms with Gasteiger partial charge in [0, 0.05) is 27.4 Å². The van der Waals surface area contributed by atoms with Gasteiger partial charge in [0.05, 0.1) is 0 Å². The summed E-state index contributed by atoms with van der Waals surface area (Å²) in [7, 11) is 0. The van der Waals surface area contributed by atoms with Gasteiger partial charge >= 0.3 is 0 Å². The fourth-order valence-electron chi connectivity index (χ4n) is 1.14. The highest BCUT2D eigenvalue weighted by Gasteiger charge is 2.15. The highest BCUT2D eigenvalue weighted by Crippen LogP contribution is 2.20. The van der Waals surface area contributed by atoms with Crippen molar-refractivity contribution >= 4 is 54.5 Å². The van der Waals surface area contributed by atoms with Gasteiger partial charge in [0.1, 0.15) is 0 Å². The van der Waals surface area contributed by atoms with Gasteiger partial charge in [0.2, 0.25) is 0 Å². The van der Waals surface area contributed by atoms with Crippen molar-refractivity contribution in [3.05, 3.63) is 33.8 Å². The summed E-state index contributed by atoms with van der Waals surface area (Å²) in [5.74, 6) is -0.0941. The molecule has 0 heterocycles. The Morgan fingerprint density at radius 3 is 2.47 bits per heavy atom. The zero-order chi connectivity index (χ0) is 11.4.